The number of hydrogen-bond acceptors (Lipinski definition) is 5. The zero-order chi connectivity index (χ0) is 10.6. The Balaban J connectivity index is 1.58. The average Bonchev–Trinajstić information content (AvgIpc) is 2.75. The summed E-state index contributed by atoms with van der Waals surface area (Å²) < 4.78 is 5.97. The molecule has 2 bridgehead atoms. The molecule has 0 radical (unpaired) electrons. The van der Waals surface area contributed by atoms with Crippen molar-refractivity contribution in [3.63, 3.8) is 0 Å². The third-order valence-electron chi connectivity index (χ3n) is 3.89. The van der Waals surface area contributed by atoms with Crippen LogP contribution < -0.4 is 10.6 Å². The fourth-order valence-corrected chi connectivity index (χ4v) is 3.75. The van der Waals surface area contributed by atoms with Crippen LogP contribution in [0.15, 0.2) is 10.8 Å². The Bertz CT molecular complexity index is 408. The van der Waals surface area contributed by atoms with Gasteiger partial charge in [0.1, 0.15) is 12.0 Å². The van der Waals surface area contributed by atoms with Crippen molar-refractivity contribution in [3.8, 4) is 0 Å². The second kappa shape index (κ2) is 3.20. The summed E-state index contributed by atoms with van der Waals surface area (Å²) in [5, 5.41) is 11.3. The Morgan fingerprint density at radius 3 is 3.25 bits per heavy atom. The molecule has 5 heterocycles. The van der Waals surface area contributed by atoms with Crippen molar-refractivity contribution in [2.24, 2.45) is 0 Å². The van der Waals surface area contributed by atoms with Crippen LogP contribution in [0.3, 0.4) is 0 Å². The Morgan fingerprint density at radius 2 is 2.44 bits per heavy atom. The van der Waals surface area contributed by atoms with Crippen molar-refractivity contribution in [2.45, 2.75) is 31.3 Å². The van der Waals surface area contributed by atoms with Crippen molar-refractivity contribution < 1.29 is 4.74 Å². The van der Waals surface area contributed by atoms with Gasteiger partial charge in [0, 0.05) is 36.9 Å². The average molecular weight is 237 g/mol. The molecule has 2 N–H and O–H groups in total. The van der Waals surface area contributed by atoms with Crippen LogP contribution in [0.4, 0.5) is 5.69 Å². The Morgan fingerprint density at radius 1 is 1.50 bits per heavy atom. The predicted octanol–water partition coefficient (Wildman–Crippen LogP) is 1.37. The normalized spacial score (nSPS) is 37.4. The molecule has 4 aliphatic heterocycles. The summed E-state index contributed by atoms with van der Waals surface area (Å²) in [5.41, 5.74) is 2.74. The molecule has 5 heteroatoms. The summed E-state index contributed by atoms with van der Waals surface area (Å²) in [6.45, 7) is 3.02. The van der Waals surface area contributed by atoms with Crippen LogP contribution in [0.2, 0.25) is 0 Å². The molecule has 0 amide bonds. The van der Waals surface area contributed by atoms with Crippen LogP contribution in [-0.4, -0.2) is 30.1 Å². The Kier molecular flexibility index (Phi) is 1.88. The third kappa shape index (κ3) is 1.20. The SMILES string of the molecule is c1scc2c1CN(C13CCNC(C1)O3)CN2. The summed E-state index contributed by atoms with van der Waals surface area (Å²) in [4.78, 5) is 2.44. The molecular weight excluding hydrogens is 222 g/mol. The standard InChI is InChI=1S/C11H15N3OS/c1-2-12-10-3-11(1,15-10)14-4-8-5-16-6-9(8)13-7-14/h5-6,10,12-13H,1-4,7H2. The van der Waals surface area contributed by atoms with Gasteiger partial charge in [-0.05, 0) is 5.38 Å². The quantitative estimate of drug-likeness (QED) is 0.773. The van der Waals surface area contributed by atoms with Gasteiger partial charge < -0.3 is 10.1 Å². The van der Waals surface area contributed by atoms with Gasteiger partial charge in [0.2, 0.25) is 0 Å². The molecule has 16 heavy (non-hydrogen) atoms. The molecule has 1 aromatic heterocycles. The van der Waals surface area contributed by atoms with Gasteiger partial charge in [-0.2, -0.15) is 0 Å². The number of ether oxygens (including phenoxy) is 1. The maximum absolute atomic E-state index is 5.97. The fraction of sp³-hybridized carbons (Fsp3) is 0.636. The topological polar surface area (TPSA) is 36.5 Å². The molecule has 86 valence electrons. The number of hydrogen-bond donors (Lipinski definition) is 2. The van der Waals surface area contributed by atoms with E-state index in [1.165, 1.54) is 11.3 Å². The third-order valence-corrected chi connectivity index (χ3v) is 4.69. The molecule has 2 atom stereocenters. The first kappa shape index (κ1) is 9.41. The molecule has 4 aliphatic rings. The van der Waals surface area contributed by atoms with E-state index >= 15 is 0 Å². The van der Waals surface area contributed by atoms with E-state index < -0.39 is 0 Å². The van der Waals surface area contributed by atoms with E-state index in [2.05, 4.69) is 26.3 Å². The predicted molar refractivity (Wildman–Crippen MR) is 63.2 cm³/mol. The van der Waals surface area contributed by atoms with Crippen LogP contribution in [0.5, 0.6) is 0 Å². The second-order valence-corrected chi connectivity index (χ2v) is 5.55. The minimum absolute atomic E-state index is 0.0164. The zero-order valence-electron chi connectivity index (χ0n) is 9.03. The Hall–Kier alpha value is -0.620. The molecule has 1 aromatic rings. The molecule has 5 rings (SSSR count). The van der Waals surface area contributed by atoms with E-state index in [0.717, 1.165) is 32.6 Å². The van der Waals surface area contributed by atoms with Crippen LogP contribution in [0, 0.1) is 0 Å². The lowest BCUT2D eigenvalue weighted by atomic mass is 9.91. The minimum atomic E-state index is 0.0164. The molecule has 0 saturated carbocycles. The largest absolute Gasteiger partial charge is 0.371 e. The summed E-state index contributed by atoms with van der Waals surface area (Å²) in [5.74, 6) is 0. The molecule has 2 unspecified atom stereocenters. The van der Waals surface area contributed by atoms with Crippen LogP contribution in [0.25, 0.3) is 0 Å². The number of rotatable bonds is 1. The molecule has 3 saturated heterocycles. The van der Waals surface area contributed by atoms with Crippen molar-refractivity contribution in [1.82, 2.24) is 10.2 Å². The van der Waals surface area contributed by atoms with Crippen molar-refractivity contribution in [2.75, 3.05) is 18.5 Å². The van der Waals surface area contributed by atoms with E-state index in [4.69, 9.17) is 4.74 Å². The highest BCUT2D eigenvalue weighted by Crippen LogP contribution is 2.43. The Labute approximate surface area is 98.6 Å². The van der Waals surface area contributed by atoms with E-state index in [1.54, 1.807) is 11.3 Å². The molecular formula is C11H15N3OS. The van der Waals surface area contributed by atoms with Gasteiger partial charge in [-0.15, -0.1) is 11.3 Å². The smallest absolute Gasteiger partial charge is 0.130 e. The molecule has 4 nitrogen and oxygen atoms in total. The fourth-order valence-electron chi connectivity index (χ4n) is 2.94. The maximum atomic E-state index is 5.97. The van der Waals surface area contributed by atoms with Gasteiger partial charge in [0.25, 0.3) is 0 Å². The van der Waals surface area contributed by atoms with Gasteiger partial charge in [0.05, 0.1) is 12.4 Å². The molecule has 0 aliphatic carbocycles. The number of fused-ring (bicyclic) bond motifs is 3. The first-order chi connectivity index (χ1) is 7.86. The first-order valence-electron chi connectivity index (χ1n) is 5.81. The van der Waals surface area contributed by atoms with Crippen molar-refractivity contribution in [3.05, 3.63) is 16.3 Å². The number of anilines is 1. The summed E-state index contributed by atoms with van der Waals surface area (Å²) >= 11 is 1.77. The van der Waals surface area contributed by atoms with Crippen molar-refractivity contribution in [1.29, 1.82) is 0 Å². The maximum Gasteiger partial charge on any atom is 0.130 e. The second-order valence-electron chi connectivity index (χ2n) is 4.80. The highest BCUT2D eigenvalue weighted by Gasteiger charge is 2.53. The summed E-state index contributed by atoms with van der Waals surface area (Å²) in [7, 11) is 0. The number of nitrogens with zero attached hydrogens (tertiary/aromatic N) is 1. The summed E-state index contributed by atoms with van der Waals surface area (Å²) in [6, 6.07) is 0. The monoisotopic (exact) mass is 237 g/mol. The van der Waals surface area contributed by atoms with Gasteiger partial charge in [-0.1, -0.05) is 0 Å². The lowest BCUT2D eigenvalue weighted by molar-refractivity contribution is -0.314. The van der Waals surface area contributed by atoms with Crippen molar-refractivity contribution >= 4 is 17.0 Å². The molecule has 3 fully saturated rings. The van der Waals surface area contributed by atoms with E-state index in [0.29, 0.717) is 6.23 Å². The van der Waals surface area contributed by atoms with E-state index in [9.17, 15) is 0 Å². The lowest BCUT2D eigenvalue weighted by Gasteiger charge is -2.58. The highest BCUT2D eigenvalue weighted by atomic mass is 32.1. The van der Waals surface area contributed by atoms with Gasteiger partial charge in [-0.3, -0.25) is 10.2 Å². The van der Waals surface area contributed by atoms with E-state index in [-0.39, 0.29) is 5.72 Å². The van der Waals surface area contributed by atoms with Gasteiger partial charge >= 0.3 is 0 Å². The number of piperidine rings is 1. The van der Waals surface area contributed by atoms with Crippen LogP contribution in [0.1, 0.15) is 18.4 Å². The highest BCUT2D eigenvalue weighted by molar-refractivity contribution is 7.08. The molecule has 0 aromatic carbocycles. The minimum Gasteiger partial charge on any atom is -0.371 e. The van der Waals surface area contributed by atoms with E-state index in [1.807, 2.05) is 0 Å². The van der Waals surface area contributed by atoms with Crippen LogP contribution >= 0.6 is 11.3 Å². The molecule has 0 spiro atoms. The van der Waals surface area contributed by atoms with Gasteiger partial charge in [0.15, 0.2) is 0 Å². The lowest BCUT2D eigenvalue weighted by Crippen LogP contribution is -2.70. The van der Waals surface area contributed by atoms with Crippen LogP contribution in [-0.2, 0) is 11.3 Å². The zero-order valence-corrected chi connectivity index (χ0v) is 9.85. The summed E-state index contributed by atoms with van der Waals surface area (Å²) in [6.07, 6.45) is 2.54. The number of thiophene rings is 1. The number of nitrogens with one attached hydrogen (secondary N) is 2. The first-order valence-corrected chi connectivity index (χ1v) is 6.75. The van der Waals surface area contributed by atoms with Gasteiger partial charge in [-0.25, -0.2) is 0 Å².